The van der Waals surface area contributed by atoms with Crippen molar-refractivity contribution in [2.45, 2.75) is 28.1 Å². The topological polar surface area (TPSA) is 89.8 Å². The molecule has 0 saturated carbocycles. The van der Waals surface area contributed by atoms with Gasteiger partial charge in [-0.3, -0.25) is 4.79 Å². The Morgan fingerprint density at radius 1 is 1.36 bits per heavy atom. The molecule has 0 aromatic carbocycles. The van der Waals surface area contributed by atoms with Crippen molar-refractivity contribution in [1.82, 2.24) is 5.32 Å². The van der Waals surface area contributed by atoms with Crippen LogP contribution in [0, 0.1) is 0 Å². The van der Waals surface area contributed by atoms with Crippen LogP contribution in [0.3, 0.4) is 0 Å². The van der Waals surface area contributed by atoms with Crippen molar-refractivity contribution in [1.29, 1.82) is 0 Å². The Morgan fingerprint density at radius 3 is 2.71 bits per heavy atom. The molecular weight excluding hydrogens is 226 g/mol. The number of aliphatic hydroxyl groups excluding tert-OH is 3. The lowest BCUT2D eigenvalue weighted by Gasteiger charge is -2.37. The van der Waals surface area contributed by atoms with Crippen LogP contribution in [0.25, 0.3) is 0 Å². The van der Waals surface area contributed by atoms with Crippen molar-refractivity contribution < 1.29 is 20.1 Å². The van der Waals surface area contributed by atoms with Crippen LogP contribution >= 0.6 is 23.5 Å². The van der Waals surface area contributed by atoms with Gasteiger partial charge >= 0.3 is 0 Å². The maximum Gasteiger partial charge on any atom is 0.280 e. The molecule has 2 rings (SSSR count). The Labute approximate surface area is 89.3 Å². The van der Waals surface area contributed by atoms with Crippen molar-refractivity contribution >= 4 is 28.8 Å². The van der Waals surface area contributed by atoms with Gasteiger partial charge in [0.05, 0.1) is 28.6 Å². The molecule has 5 nitrogen and oxygen atoms in total. The average molecular weight is 237 g/mol. The summed E-state index contributed by atoms with van der Waals surface area (Å²) in [5, 5.41) is 30.2. The normalized spacial score (nSPS) is 47.4. The molecule has 0 aliphatic carbocycles. The molecule has 5 atom stereocenters. The molecule has 2 heterocycles. The van der Waals surface area contributed by atoms with Gasteiger partial charge in [-0.15, -0.1) is 11.8 Å². The zero-order valence-electron chi connectivity index (χ0n) is 7.16. The van der Waals surface area contributed by atoms with E-state index in [1.807, 2.05) is 0 Å². The Balaban J connectivity index is 2.13. The van der Waals surface area contributed by atoms with E-state index in [4.69, 9.17) is 5.11 Å². The number of amides is 1. The van der Waals surface area contributed by atoms with Crippen molar-refractivity contribution in [3.63, 3.8) is 0 Å². The van der Waals surface area contributed by atoms with Crippen LogP contribution in [-0.4, -0.2) is 55.2 Å². The van der Waals surface area contributed by atoms with E-state index in [9.17, 15) is 15.0 Å². The lowest BCUT2D eigenvalue weighted by Crippen LogP contribution is -2.55. The molecule has 0 aromatic rings. The summed E-state index contributed by atoms with van der Waals surface area (Å²) in [6.45, 7) is -0.194. The summed E-state index contributed by atoms with van der Waals surface area (Å²) in [4.78, 5) is 11.0. The molecule has 14 heavy (non-hydrogen) atoms. The molecule has 2 fully saturated rings. The zero-order valence-corrected chi connectivity index (χ0v) is 8.79. The first kappa shape index (κ1) is 10.6. The molecule has 2 saturated heterocycles. The maximum absolute atomic E-state index is 11.0. The number of rotatable bonds is 1. The maximum atomic E-state index is 11.0. The third-order valence-electron chi connectivity index (χ3n) is 2.39. The number of nitrogens with one attached hydrogen (secondary N) is 1. The first-order chi connectivity index (χ1) is 6.63. The quantitative estimate of drug-likeness (QED) is 0.466. The Hall–Kier alpha value is 0.0500. The van der Waals surface area contributed by atoms with Gasteiger partial charge in [0.1, 0.15) is 6.10 Å². The van der Waals surface area contributed by atoms with Crippen LogP contribution in [0.5, 0.6) is 0 Å². The average Bonchev–Trinajstić information content (AvgIpc) is 2.52. The highest BCUT2D eigenvalue weighted by atomic mass is 32.2. The van der Waals surface area contributed by atoms with Crippen LogP contribution in [0.15, 0.2) is 0 Å². The summed E-state index contributed by atoms with van der Waals surface area (Å²) in [6.07, 6.45) is -1.97. The van der Waals surface area contributed by atoms with E-state index in [0.717, 1.165) is 11.8 Å². The monoisotopic (exact) mass is 237 g/mol. The van der Waals surface area contributed by atoms with Gasteiger partial charge in [-0.25, -0.2) is 0 Å². The van der Waals surface area contributed by atoms with Gasteiger partial charge in [0, 0.05) is 0 Å². The lowest BCUT2D eigenvalue weighted by molar-refractivity contribution is -0.00980. The Morgan fingerprint density at radius 2 is 2.07 bits per heavy atom. The third kappa shape index (κ3) is 1.63. The number of fused-ring (bicyclic) bond motifs is 1. The van der Waals surface area contributed by atoms with Gasteiger partial charge in [0.15, 0.2) is 0 Å². The fraction of sp³-hybridized carbons (Fsp3) is 0.857. The van der Waals surface area contributed by atoms with Gasteiger partial charge in [-0.05, 0) is 11.8 Å². The van der Waals surface area contributed by atoms with Crippen molar-refractivity contribution in [2.24, 2.45) is 0 Å². The SMILES string of the molecule is O=C1NC2C(S1)SC(CO)C(O)C2O. The van der Waals surface area contributed by atoms with E-state index >= 15 is 0 Å². The van der Waals surface area contributed by atoms with Crippen molar-refractivity contribution in [3.8, 4) is 0 Å². The molecular formula is C7H11NO4S2. The Kier molecular flexibility index (Phi) is 2.94. The molecule has 5 unspecified atom stereocenters. The van der Waals surface area contributed by atoms with E-state index in [-0.39, 0.29) is 16.4 Å². The first-order valence-corrected chi connectivity index (χ1v) is 6.05. The molecule has 2 aliphatic heterocycles. The van der Waals surface area contributed by atoms with Gasteiger partial charge in [-0.2, -0.15) is 0 Å². The molecule has 7 heteroatoms. The predicted octanol–water partition coefficient (Wildman–Crippen LogP) is -1.03. The molecule has 80 valence electrons. The molecule has 2 aliphatic rings. The van der Waals surface area contributed by atoms with E-state index < -0.39 is 23.5 Å². The number of carbonyl (C=O) groups is 1. The number of aliphatic hydroxyl groups is 3. The minimum Gasteiger partial charge on any atom is -0.395 e. The van der Waals surface area contributed by atoms with E-state index in [2.05, 4.69) is 5.32 Å². The fourth-order valence-electron chi connectivity index (χ4n) is 1.61. The smallest absolute Gasteiger partial charge is 0.280 e. The van der Waals surface area contributed by atoms with E-state index in [1.165, 1.54) is 11.8 Å². The minimum absolute atomic E-state index is 0.113. The van der Waals surface area contributed by atoms with Crippen LogP contribution in [-0.2, 0) is 0 Å². The highest BCUT2D eigenvalue weighted by Crippen LogP contribution is 2.42. The third-order valence-corrected chi connectivity index (χ3v) is 5.21. The fourth-order valence-corrected chi connectivity index (χ4v) is 4.47. The molecule has 0 spiro atoms. The van der Waals surface area contributed by atoms with Crippen LogP contribution in [0.4, 0.5) is 4.79 Å². The molecule has 1 amide bonds. The summed E-state index contributed by atoms with van der Waals surface area (Å²) in [6, 6.07) is -0.407. The molecule has 0 aromatic heterocycles. The highest BCUT2D eigenvalue weighted by molar-refractivity contribution is 8.25. The number of hydrogen-bond acceptors (Lipinski definition) is 6. The van der Waals surface area contributed by atoms with E-state index in [0.29, 0.717) is 0 Å². The second-order valence-corrected chi connectivity index (χ2v) is 6.08. The Bertz CT molecular complexity index is 252. The molecule has 0 radical (unpaired) electrons. The summed E-state index contributed by atoms with van der Waals surface area (Å²) in [5.41, 5.74) is 0. The van der Waals surface area contributed by atoms with Crippen LogP contribution < -0.4 is 5.32 Å². The largest absolute Gasteiger partial charge is 0.395 e. The van der Waals surface area contributed by atoms with Crippen molar-refractivity contribution in [2.75, 3.05) is 6.61 Å². The molecule has 0 bridgehead atoms. The zero-order chi connectivity index (χ0) is 10.3. The molecule has 4 N–H and O–H groups in total. The number of carbonyl (C=O) groups excluding carboxylic acids is 1. The number of hydrogen-bond donors (Lipinski definition) is 4. The summed E-state index contributed by atoms with van der Waals surface area (Å²) in [5.74, 6) is 0. The van der Waals surface area contributed by atoms with Gasteiger partial charge in [0.25, 0.3) is 5.24 Å². The van der Waals surface area contributed by atoms with E-state index in [1.54, 1.807) is 0 Å². The van der Waals surface area contributed by atoms with Gasteiger partial charge in [0.2, 0.25) is 0 Å². The lowest BCUT2D eigenvalue weighted by atomic mass is 10.0. The second kappa shape index (κ2) is 3.90. The second-order valence-electron chi connectivity index (χ2n) is 3.28. The summed E-state index contributed by atoms with van der Waals surface area (Å²) < 4.78 is -0.113. The highest BCUT2D eigenvalue weighted by Gasteiger charge is 2.48. The van der Waals surface area contributed by atoms with Crippen LogP contribution in [0.2, 0.25) is 0 Å². The first-order valence-electron chi connectivity index (χ1n) is 4.23. The predicted molar refractivity (Wildman–Crippen MR) is 54.2 cm³/mol. The van der Waals surface area contributed by atoms with Crippen molar-refractivity contribution in [3.05, 3.63) is 0 Å². The summed E-state index contributed by atoms with van der Waals surface area (Å²) in [7, 11) is 0. The number of thioether (sulfide) groups is 2. The van der Waals surface area contributed by atoms with Gasteiger partial charge in [-0.1, -0.05) is 0 Å². The standard InChI is InChI=1S/C7H11NO4S2/c9-1-2-4(10)5(11)3-6(13-2)14-7(12)8-3/h2-6,9-11H,1H2,(H,8,12). The van der Waals surface area contributed by atoms with Gasteiger partial charge < -0.3 is 20.6 Å². The van der Waals surface area contributed by atoms with Crippen LogP contribution in [0.1, 0.15) is 0 Å². The summed E-state index contributed by atoms with van der Waals surface area (Å²) >= 11 is 2.44. The minimum atomic E-state index is -0.989.